The highest BCUT2D eigenvalue weighted by atomic mass is 35.5. The van der Waals surface area contributed by atoms with Gasteiger partial charge in [0, 0.05) is 34.3 Å². The summed E-state index contributed by atoms with van der Waals surface area (Å²) in [6.45, 7) is 1.52. The lowest BCUT2D eigenvalue weighted by atomic mass is 10.0. The van der Waals surface area contributed by atoms with Crippen LogP contribution in [0, 0.1) is 11.3 Å². The van der Waals surface area contributed by atoms with Gasteiger partial charge in [0.25, 0.3) is 0 Å². The van der Waals surface area contributed by atoms with Crippen LogP contribution in [0.25, 0.3) is 21.8 Å². The number of nitrogens with one attached hydrogen (secondary N) is 1. The Morgan fingerprint density at radius 2 is 2.29 bits per heavy atom. The van der Waals surface area contributed by atoms with E-state index in [-0.39, 0.29) is 12.7 Å². The minimum absolute atomic E-state index is 0.0748. The molecule has 1 aliphatic rings. The SMILES string of the molecule is N#Cc1c(N2CCO[C@H](CO)C2)sc(-c2nnc[nH]2)c1-c1ccc(Cl)cc1Cl. The van der Waals surface area contributed by atoms with Crippen LogP contribution in [0.2, 0.25) is 10.0 Å². The largest absolute Gasteiger partial charge is 0.394 e. The Morgan fingerprint density at radius 1 is 1.43 bits per heavy atom. The lowest BCUT2D eigenvalue weighted by Gasteiger charge is -2.32. The first-order valence-corrected chi connectivity index (χ1v) is 10.1. The molecule has 7 nitrogen and oxygen atoms in total. The number of aromatic amines is 1. The van der Waals surface area contributed by atoms with Crippen LogP contribution in [0.4, 0.5) is 5.00 Å². The normalized spacial score (nSPS) is 16.9. The number of H-pyrrole nitrogens is 1. The maximum absolute atomic E-state index is 10.0. The molecule has 0 aliphatic carbocycles. The van der Waals surface area contributed by atoms with Gasteiger partial charge in [0.2, 0.25) is 0 Å². The first kappa shape index (κ1) is 19.2. The number of hydrogen-bond donors (Lipinski definition) is 2. The van der Waals surface area contributed by atoms with Gasteiger partial charge in [-0.15, -0.1) is 21.5 Å². The van der Waals surface area contributed by atoms with E-state index < -0.39 is 0 Å². The number of nitriles is 1. The van der Waals surface area contributed by atoms with Gasteiger partial charge in [0.05, 0.1) is 29.8 Å². The number of nitrogens with zero attached hydrogens (tertiary/aromatic N) is 4. The maximum atomic E-state index is 10.0. The summed E-state index contributed by atoms with van der Waals surface area (Å²) in [7, 11) is 0. The van der Waals surface area contributed by atoms with E-state index in [1.54, 1.807) is 18.2 Å². The molecule has 1 aliphatic heterocycles. The molecule has 1 saturated heterocycles. The maximum Gasteiger partial charge on any atom is 0.171 e. The predicted molar refractivity (Wildman–Crippen MR) is 109 cm³/mol. The molecule has 4 rings (SSSR count). The van der Waals surface area contributed by atoms with Crippen LogP contribution in [-0.4, -0.2) is 52.7 Å². The molecule has 0 bridgehead atoms. The molecule has 3 heterocycles. The van der Waals surface area contributed by atoms with Gasteiger partial charge in [-0.1, -0.05) is 29.3 Å². The fourth-order valence-electron chi connectivity index (χ4n) is 3.19. The molecule has 10 heteroatoms. The number of benzene rings is 1. The van der Waals surface area contributed by atoms with Crippen LogP contribution in [0.1, 0.15) is 5.56 Å². The van der Waals surface area contributed by atoms with Crippen molar-refractivity contribution < 1.29 is 9.84 Å². The highest BCUT2D eigenvalue weighted by Crippen LogP contribution is 2.48. The summed E-state index contributed by atoms with van der Waals surface area (Å²) in [5.74, 6) is 0.556. The minimum atomic E-state index is -0.293. The summed E-state index contributed by atoms with van der Waals surface area (Å²) < 4.78 is 5.54. The van der Waals surface area contributed by atoms with Crippen molar-refractivity contribution in [1.82, 2.24) is 15.2 Å². The fourth-order valence-corrected chi connectivity index (χ4v) is 4.94. The predicted octanol–water partition coefficient (Wildman–Crippen LogP) is 3.58. The average Bonchev–Trinajstić information content (AvgIpc) is 3.35. The molecule has 1 aromatic carbocycles. The molecule has 0 spiro atoms. The summed E-state index contributed by atoms with van der Waals surface area (Å²) in [5.41, 5.74) is 1.88. The molecule has 0 unspecified atom stereocenters. The smallest absolute Gasteiger partial charge is 0.171 e. The molecule has 2 N–H and O–H groups in total. The van der Waals surface area contributed by atoms with Crippen LogP contribution in [0.15, 0.2) is 24.5 Å². The van der Waals surface area contributed by atoms with E-state index in [0.29, 0.717) is 52.3 Å². The van der Waals surface area contributed by atoms with Crippen molar-refractivity contribution in [2.75, 3.05) is 31.2 Å². The molecule has 1 atom stereocenters. The fraction of sp³-hybridized carbons (Fsp3) is 0.278. The summed E-state index contributed by atoms with van der Waals surface area (Å²) >= 11 is 14.0. The van der Waals surface area contributed by atoms with Gasteiger partial charge >= 0.3 is 0 Å². The molecule has 0 amide bonds. The summed E-state index contributed by atoms with van der Waals surface area (Å²) in [4.78, 5) is 5.83. The van der Waals surface area contributed by atoms with Crippen molar-refractivity contribution in [1.29, 1.82) is 5.26 Å². The molecule has 3 aromatic rings. The van der Waals surface area contributed by atoms with Gasteiger partial charge in [-0.2, -0.15) is 5.26 Å². The quantitative estimate of drug-likeness (QED) is 0.649. The number of thiophene rings is 1. The van der Waals surface area contributed by atoms with Crippen molar-refractivity contribution in [3.05, 3.63) is 40.1 Å². The second kappa shape index (κ2) is 8.07. The van der Waals surface area contributed by atoms with Crippen molar-refractivity contribution in [2.24, 2.45) is 0 Å². The van der Waals surface area contributed by atoms with E-state index in [9.17, 15) is 10.4 Å². The summed E-state index contributed by atoms with van der Waals surface area (Å²) in [5, 5.41) is 29.2. The number of halogens is 2. The number of ether oxygens (including phenoxy) is 1. The molecule has 0 radical (unpaired) electrons. The Morgan fingerprint density at radius 3 is 2.96 bits per heavy atom. The average molecular weight is 436 g/mol. The van der Waals surface area contributed by atoms with E-state index in [4.69, 9.17) is 27.9 Å². The zero-order chi connectivity index (χ0) is 19.7. The van der Waals surface area contributed by atoms with Gasteiger partial charge in [-0.05, 0) is 12.1 Å². The second-order valence-electron chi connectivity index (χ2n) is 6.18. The third-order valence-corrected chi connectivity index (χ3v) is 6.27. The highest BCUT2D eigenvalue weighted by Gasteiger charge is 2.29. The Hall–Kier alpha value is -2.15. The van der Waals surface area contributed by atoms with Gasteiger partial charge < -0.3 is 19.7 Å². The van der Waals surface area contributed by atoms with E-state index in [1.807, 2.05) is 0 Å². The molecule has 28 heavy (non-hydrogen) atoms. The first-order chi connectivity index (χ1) is 13.6. The van der Waals surface area contributed by atoms with Crippen molar-refractivity contribution >= 4 is 39.5 Å². The Bertz CT molecular complexity index is 1030. The first-order valence-electron chi connectivity index (χ1n) is 8.48. The lowest BCUT2D eigenvalue weighted by Crippen LogP contribution is -2.44. The number of rotatable bonds is 4. The van der Waals surface area contributed by atoms with Crippen LogP contribution < -0.4 is 4.90 Å². The number of morpholine rings is 1. The zero-order valence-electron chi connectivity index (χ0n) is 14.5. The number of aromatic nitrogens is 3. The topological polar surface area (TPSA) is 98.1 Å². The van der Waals surface area contributed by atoms with Crippen molar-refractivity contribution in [2.45, 2.75) is 6.10 Å². The third kappa shape index (κ3) is 3.48. The Kier molecular flexibility index (Phi) is 5.53. The monoisotopic (exact) mass is 435 g/mol. The lowest BCUT2D eigenvalue weighted by molar-refractivity contribution is 0.00373. The standard InChI is InChI=1S/C18H15Cl2N5O2S/c19-10-1-2-12(14(20)5-10)15-13(6-21)18(25-3-4-27-11(7-25)8-26)28-16(15)17-22-9-23-24-17/h1-2,5,9,11,26H,3-4,7-8H2,(H,22,23,24)/t11-/m0/s1. The van der Waals surface area contributed by atoms with E-state index in [2.05, 4.69) is 26.2 Å². The molecular weight excluding hydrogens is 421 g/mol. The van der Waals surface area contributed by atoms with Crippen LogP contribution >= 0.6 is 34.5 Å². The summed E-state index contributed by atoms with van der Waals surface area (Å²) in [6, 6.07) is 7.52. The number of anilines is 1. The van der Waals surface area contributed by atoms with Crippen molar-refractivity contribution in [3.8, 4) is 27.9 Å². The Balaban J connectivity index is 1.91. The van der Waals surface area contributed by atoms with Gasteiger partial charge in [-0.3, -0.25) is 0 Å². The molecule has 144 valence electrons. The van der Waals surface area contributed by atoms with Crippen LogP contribution in [0.5, 0.6) is 0 Å². The van der Waals surface area contributed by atoms with Gasteiger partial charge in [-0.25, -0.2) is 0 Å². The number of aliphatic hydroxyl groups excluding tert-OH is 1. The highest BCUT2D eigenvalue weighted by molar-refractivity contribution is 7.20. The minimum Gasteiger partial charge on any atom is -0.394 e. The van der Waals surface area contributed by atoms with E-state index >= 15 is 0 Å². The van der Waals surface area contributed by atoms with Crippen LogP contribution in [-0.2, 0) is 4.74 Å². The van der Waals surface area contributed by atoms with Gasteiger partial charge in [0.15, 0.2) is 5.82 Å². The molecular formula is C18H15Cl2N5O2S. The molecule has 1 fully saturated rings. The molecule has 2 aromatic heterocycles. The summed E-state index contributed by atoms with van der Waals surface area (Å²) in [6.07, 6.45) is 1.20. The van der Waals surface area contributed by atoms with Crippen molar-refractivity contribution in [3.63, 3.8) is 0 Å². The van der Waals surface area contributed by atoms with E-state index in [1.165, 1.54) is 17.7 Å². The Labute approximate surface area is 175 Å². The third-order valence-electron chi connectivity index (χ3n) is 4.46. The number of hydrogen-bond acceptors (Lipinski definition) is 7. The van der Waals surface area contributed by atoms with E-state index in [0.717, 1.165) is 9.88 Å². The van der Waals surface area contributed by atoms with Crippen LogP contribution in [0.3, 0.4) is 0 Å². The van der Waals surface area contributed by atoms with Gasteiger partial charge in [0.1, 0.15) is 17.4 Å². The molecule has 0 saturated carbocycles. The number of aliphatic hydroxyl groups is 1. The second-order valence-corrected chi connectivity index (χ2v) is 8.02. The zero-order valence-corrected chi connectivity index (χ0v) is 16.9.